The number of anilines is 2. The number of imidazole rings is 2. The molecule has 0 spiro atoms. The zero-order valence-electron chi connectivity index (χ0n) is 22.3. The van der Waals surface area contributed by atoms with Crippen LogP contribution in [0.3, 0.4) is 0 Å². The molecule has 7 heterocycles. The summed E-state index contributed by atoms with van der Waals surface area (Å²) < 4.78 is 76.1. The van der Waals surface area contributed by atoms with E-state index in [0.29, 0.717) is 0 Å². The van der Waals surface area contributed by atoms with E-state index in [2.05, 4.69) is 29.9 Å². The van der Waals surface area contributed by atoms with E-state index < -0.39 is 83.6 Å². The lowest BCUT2D eigenvalue weighted by Gasteiger charge is -2.25. The fraction of sp³-hybridized carbons (Fsp3) is 0.500. The number of alkyl halides is 1. The average Bonchev–Trinajstić information content (AvgIpc) is 3.72. The fourth-order valence-electron chi connectivity index (χ4n) is 5.27. The Hall–Kier alpha value is -3.47. The second-order valence-electron chi connectivity index (χ2n) is 10.1. The third kappa shape index (κ3) is 5.30. The number of nitrogen functional groups attached to an aromatic ring is 2. The molecule has 7 rings (SSSR count). The van der Waals surface area contributed by atoms with Gasteiger partial charge in [0.2, 0.25) is 5.95 Å². The summed E-state index contributed by atoms with van der Waals surface area (Å²) in [5.74, 6) is -0.291. The summed E-state index contributed by atoms with van der Waals surface area (Å²) in [4.78, 5) is 55.5. The Morgan fingerprint density at radius 3 is 2.24 bits per heavy atom. The first kappa shape index (κ1) is 30.2. The van der Waals surface area contributed by atoms with Gasteiger partial charge in [0.25, 0.3) is 5.56 Å². The lowest BCUT2D eigenvalue weighted by atomic mass is 10.1. The zero-order valence-corrected chi connectivity index (χ0v) is 24.1. The van der Waals surface area contributed by atoms with E-state index in [0.717, 1.165) is 17.2 Å². The molecule has 0 amide bonds. The molecule has 0 aliphatic carbocycles. The van der Waals surface area contributed by atoms with Gasteiger partial charge in [-0.25, -0.2) is 33.5 Å². The molecule has 45 heavy (non-hydrogen) atoms. The molecule has 22 nitrogen and oxygen atoms in total. The van der Waals surface area contributed by atoms with Gasteiger partial charge in [0.05, 0.1) is 25.9 Å². The molecule has 4 aromatic heterocycles. The minimum Gasteiger partial charge on any atom is -0.386 e. The van der Waals surface area contributed by atoms with Crippen LogP contribution in [0.5, 0.6) is 0 Å². The highest BCUT2D eigenvalue weighted by Crippen LogP contribution is 2.54. The van der Waals surface area contributed by atoms with Gasteiger partial charge in [-0.2, -0.15) is 4.98 Å². The summed E-state index contributed by atoms with van der Waals surface area (Å²) in [6, 6.07) is 0. The molecule has 3 aliphatic rings. The number of H-pyrrole nitrogens is 1. The van der Waals surface area contributed by atoms with Crippen LogP contribution in [0.2, 0.25) is 0 Å². The van der Waals surface area contributed by atoms with Crippen LogP contribution in [0.4, 0.5) is 16.2 Å². The van der Waals surface area contributed by atoms with E-state index in [4.69, 9.17) is 39.0 Å². The Kier molecular flexibility index (Phi) is 7.26. The molecule has 25 heteroatoms. The second-order valence-corrected chi connectivity index (χ2v) is 12.9. The highest BCUT2D eigenvalue weighted by Gasteiger charge is 2.54. The SMILES string of the molecule is Nc1nc2c(ncn2[C@@H]2O[C@@H]3COP(=O)(O)O[C@H]4[C@@H](O)[C@H](n5cnc6c(N)ncnc65)O[C@@H]4COP(=O)(O)O[C@@H]2[C@@H]3F)c(=O)[nH]1. The quantitative estimate of drug-likeness (QED) is 0.133. The predicted octanol–water partition coefficient (Wildman–Crippen LogP) is -1.36. The van der Waals surface area contributed by atoms with E-state index in [1.165, 1.54) is 10.9 Å². The number of aliphatic hydroxyl groups is 1. The third-order valence-electron chi connectivity index (χ3n) is 7.27. The summed E-state index contributed by atoms with van der Waals surface area (Å²) >= 11 is 0. The van der Waals surface area contributed by atoms with E-state index >= 15 is 4.39 Å². The van der Waals surface area contributed by atoms with E-state index in [9.17, 15) is 28.8 Å². The fourth-order valence-corrected chi connectivity index (χ4v) is 7.16. The number of nitrogens with two attached hydrogens (primary N) is 2. The molecule has 8 N–H and O–H groups in total. The molecule has 242 valence electrons. The summed E-state index contributed by atoms with van der Waals surface area (Å²) in [7, 11) is -10.3. The molecule has 2 unspecified atom stereocenters. The normalized spacial score (nSPS) is 37.7. The summed E-state index contributed by atoms with van der Waals surface area (Å²) in [5.41, 5.74) is 10.6. The third-order valence-corrected chi connectivity index (χ3v) is 9.24. The van der Waals surface area contributed by atoms with Crippen molar-refractivity contribution < 1.29 is 56.0 Å². The van der Waals surface area contributed by atoms with Crippen LogP contribution < -0.4 is 17.0 Å². The molecule has 4 aromatic rings. The lowest BCUT2D eigenvalue weighted by molar-refractivity contribution is -0.0671. The maximum atomic E-state index is 15.7. The first-order valence-electron chi connectivity index (χ1n) is 12.9. The Morgan fingerprint density at radius 1 is 0.889 bits per heavy atom. The number of phosphoric acid groups is 2. The zero-order chi connectivity index (χ0) is 31.8. The van der Waals surface area contributed by atoms with Gasteiger partial charge in [-0.3, -0.25) is 37.0 Å². The highest BCUT2D eigenvalue weighted by molar-refractivity contribution is 7.47. The van der Waals surface area contributed by atoms with Gasteiger partial charge in [0, 0.05) is 0 Å². The number of rotatable bonds is 2. The van der Waals surface area contributed by atoms with Crippen molar-refractivity contribution in [3.63, 3.8) is 0 Å². The number of hydrogen-bond acceptors (Lipinski definition) is 17. The number of nitrogens with one attached hydrogen (secondary N) is 1. The smallest absolute Gasteiger partial charge is 0.386 e. The van der Waals surface area contributed by atoms with Gasteiger partial charge in [-0.1, -0.05) is 0 Å². The predicted molar refractivity (Wildman–Crippen MR) is 142 cm³/mol. The van der Waals surface area contributed by atoms with Crippen LogP contribution in [0, 0.1) is 0 Å². The molecule has 3 fully saturated rings. The first-order valence-corrected chi connectivity index (χ1v) is 15.9. The molecular formula is C20H23FN10O12P2. The van der Waals surface area contributed by atoms with Crippen molar-refractivity contribution >= 4 is 49.7 Å². The first-order chi connectivity index (χ1) is 21.3. The van der Waals surface area contributed by atoms with Crippen LogP contribution in [-0.4, -0.2) is 104 Å². The van der Waals surface area contributed by atoms with Crippen LogP contribution in [0.25, 0.3) is 22.3 Å². The molecule has 3 saturated heterocycles. The summed E-state index contributed by atoms with van der Waals surface area (Å²) in [6.45, 7) is -1.82. The van der Waals surface area contributed by atoms with Crippen LogP contribution in [-0.2, 0) is 36.7 Å². The van der Waals surface area contributed by atoms with Crippen LogP contribution >= 0.6 is 15.6 Å². The Bertz CT molecular complexity index is 1940. The number of aromatic nitrogens is 8. The van der Waals surface area contributed by atoms with Crippen molar-refractivity contribution in [1.82, 2.24) is 39.0 Å². The number of nitrogens with zero attached hydrogens (tertiary/aromatic N) is 7. The lowest BCUT2D eigenvalue weighted by Crippen LogP contribution is -2.36. The van der Waals surface area contributed by atoms with E-state index in [-0.39, 0.29) is 34.1 Å². The van der Waals surface area contributed by atoms with Crippen molar-refractivity contribution in [2.24, 2.45) is 0 Å². The summed E-state index contributed by atoms with van der Waals surface area (Å²) in [5, 5.41) is 11.1. The second kappa shape index (κ2) is 10.8. The van der Waals surface area contributed by atoms with Crippen molar-refractivity contribution in [3.8, 4) is 0 Å². The van der Waals surface area contributed by atoms with Crippen LogP contribution in [0.1, 0.15) is 12.5 Å². The Balaban J connectivity index is 1.21. The number of hydrogen-bond donors (Lipinski definition) is 6. The standard InChI is InChI=1S/C20H23FN10O12P2/c21-8-6-1-38-44(34,35)42-12-7(41-18(11(12)32)30-4-26-9-14(22)24-3-25-15(9)30)2-39-45(36,37)43-13(8)19(40-6)31-5-27-10-16(31)28-20(23)29-17(10)33/h3-8,11-13,18-19,32H,1-2H2,(H,34,35)(H,36,37)(H2,22,24,25)(H3,23,28,29,33)/t6-,7-,8-,11-,12-,13-,18-,19-/m1/s1. The Labute approximate surface area is 248 Å². The van der Waals surface area contributed by atoms with Gasteiger partial charge in [-0.15, -0.1) is 0 Å². The van der Waals surface area contributed by atoms with Crippen molar-refractivity contribution in [3.05, 3.63) is 29.3 Å². The van der Waals surface area contributed by atoms with Crippen molar-refractivity contribution in [1.29, 1.82) is 0 Å². The van der Waals surface area contributed by atoms with Gasteiger partial charge in [0.15, 0.2) is 41.3 Å². The molecule has 0 aromatic carbocycles. The molecule has 0 radical (unpaired) electrons. The topological polar surface area (TPSA) is 309 Å². The van der Waals surface area contributed by atoms with Gasteiger partial charge in [-0.05, 0) is 0 Å². The highest BCUT2D eigenvalue weighted by atomic mass is 31.2. The van der Waals surface area contributed by atoms with Gasteiger partial charge >= 0.3 is 15.6 Å². The minimum absolute atomic E-state index is 0.0241. The summed E-state index contributed by atoms with van der Waals surface area (Å²) in [6.07, 6.45) is -10.5. The monoisotopic (exact) mass is 676 g/mol. The minimum atomic E-state index is -5.19. The van der Waals surface area contributed by atoms with E-state index in [1.54, 1.807) is 0 Å². The molecule has 3 aliphatic heterocycles. The molecule has 0 saturated carbocycles. The maximum Gasteiger partial charge on any atom is 0.472 e. The molecule has 2 bridgehead atoms. The van der Waals surface area contributed by atoms with Gasteiger partial charge in [0.1, 0.15) is 42.4 Å². The molecular weight excluding hydrogens is 653 g/mol. The maximum absolute atomic E-state index is 15.7. The number of halogens is 1. The van der Waals surface area contributed by atoms with Crippen molar-refractivity contribution in [2.45, 2.75) is 49.1 Å². The number of aliphatic hydroxyl groups excluding tert-OH is 1. The Morgan fingerprint density at radius 2 is 1.51 bits per heavy atom. The number of fused-ring (bicyclic) bond motifs is 5. The number of aromatic amines is 1. The van der Waals surface area contributed by atoms with Crippen LogP contribution in [0.15, 0.2) is 23.8 Å². The van der Waals surface area contributed by atoms with Crippen molar-refractivity contribution in [2.75, 3.05) is 24.7 Å². The largest absolute Gasteiger partial charge is 0.472 e. The number of phosphoric ester groups is 2. The number of ether oxygens (including phenoxy) is 2. The van der Waals surface area contributed by atoms with Gasteiger partial charge < -0.3 is 35.8 Å². The molecule has 10 atom stereocenters. The van der Waals surface area contributed by atoms with E-state index in [1.807, 2.05) is 0 Å². The average molecular weight is 676 g/mol.